The molecule has 0 aliphatic carbocycles. The molecule has 1 aliphatic rings. The van der Waals surface area contributed by atoms with E-state index >= 15 is 0 Å². The number of thiophene rings is 1. The van der Waals surface area contributed by atoms with Crippen molar-refractivity contribution in [3.63, 3.8) is 0 Å². The molecule has 3 rings (SSSR count). The molecule has 4 nitrogen and oxygen atoms in total. The van der Waals surface area contributed by atoms with Crippen molar-refractivity contribution in [2.75, 3.05) is 19.8 Å². The zero-order valence-electron chi connectivity index (χ0n) is 13.4. The summed E-state index contributed by atoms with van der Waals surface area (Å²) < 4.78 is 33.8. The van der Waals surface area contributed by atoms with Crippen molar-refractivity contribution in [1.82, 2.24) is 4.72 Å². The number of rotatable bonds is 5. The molecule has 7 heteroatoms. The lowest BCUT2D eigenvalue weighted by molar-refractivity contribution is 0.0518. The second kappa shape index (κ2) is 7.14. The highest BCUT2D eigenvalue weighted by Gasteiger charge is 2.36. The van der Waals surface area contributed by atoms with Crippen LogP contribution in [0.15, 0.2) is 39.9 Å². The predicted molar refractivity (Wildman–Crippen MR) is 97.4 cm³/mol. The molecule has 0 radical (unpaired) electrons. The van der Waals surface area contributed by atoms with Gasteiger partial charge in [-0.15, -0.1) is 0 Å². The number of hydrogen-bond donors (Lipinski definition) is 1. The summed E-state index contributed by atoms with van der Waals surface area (Å²) in [6.07, 6.45) is 1.61. The third kappa shape index (κ3) is 3.53. The van der Waals surface area contributed by atoms with E-state index in [4.69, 9.17) is 16.3 Å². The summed E-state index contributed by atoms with van der Waals surface area (Å²) in [7, 11) is -3.61. The van der Waals surface area contributed by atoms with Gasteiger partial charge in [-0.2, -0.15) is 11.3 Å². The van der Waals surface area contributed by atoms with Crippen LogP contribution in [0.5, 0.6) is 0 Å². The quantitative estimate of drug-likeness (QED) is 0.853. The van der Waals surface area contributed by atoms with Crippen molar-refractivity contribution in [3.8, 4) is 0 Å². The Morgan fingerprint density at radius 1 is 1.29 bits per heavy atom. The zero-order chi connectivity index (χ0) is 17.2. The van der Waals surface area contributed by atoms with Gasteiger partial charge in [0.05, 0.1) is 4.90 Å². The summed E-state index contributed by atoms with van der Waals surface area (Å²) in [5.74, 6) is 0. The molecule has 1 N–H and O–H groups in total. The van der Waals surface area contributed by atoms with Crippen LogP contribution in [0.4, 0.5) is 0 Å². The molecular formula is C17H20ClNO3S2. The standard InChI is InChI=1S/C17H20ClNO3S2/c1-13-15(18)3-2-4-16(13)24(20,21)19-12-17(6-8-22-9-7-17)14-5-10-23-11-14/h2-5,10-11,19H,6-9,12H2,1H3. The van der Waals surface area contributed by atoms with E-state index in [1.54, 1.807) is 36.5 Å². The van der Waals surface area contributed by atoms with Crippen molar-refractivity contribution >= 4 is 33.0 Å². The van der Waals surface area contributed by atoms with Gasteiger partial charge in [0, 0.05) is 30.2 Å². The van der Waals surface area contributed by atoms with Crippen molar-refractivity contribution in [2.24, 2.45) is 0 Å². The molecule has 1 aromatic carbocycles. The second-order valence-corrected chi connectivity index (χ2v) is 9.01. The second-order valence-electron chi connectivity index (χ2n) is 6.09. The number of ether oxygens (including phenoxy) is 1. The Balaban J connectivity index is 1.85. The van der Waals surface area contributed by atoms with Gasteiger partial charge in [0.2, 0.25) is 10.0 Å². The number of sulfonamides is 1. The fraction of sp³-hybridized carbons (Fsp3) is 0.412. The Morgan fingerprint density at radius 3 is 2.71 bits per heavy atom. The lowest BCUT2D eigenvalue weighted by Gasteiger charge is -2.37. The van der Waals surface area contributed by atoms with Crippen molar-refractivity contribution in [2.45, 2.75) is 30.1 Å². The summed E-state index contributed by atoms with van der Waals surface area (Å²) in [6, 6.07) is 7.02. The molecule has 0 saturated carbocycles. The van der Waals surface area contributed by atoms with Crippen LogP contribution in [0, 0.1) is 6.92 Å². The fourth-order valence-corrected chi connectivity index (χ4v) is 5.49. The van der Waals surface area contributed by atoms with Gasteiger partial charge in [-0.3, -0.25) is 0 Å². The first-order valence-electron chi connectivity index (χ1n) is 7.80. The Bertz CT molecular complexity index is 797. The molecule has 0 atom stereocenters. The third-order valence-electron chi connectivity index (χ3n) is 4.69. The summed E-state index contributed by atoms with van der Waals surface area (Å²) >= 11 is 7.70. The van der Waals surface area contributed by atoms with E-state index in [-0.39, 0.29) is 10.3 Å². The zero-order valence-corrected chi connectivity index (χ0v) is 15.8. The first-order chi connectivity index (χ1) is 11.4. The smallest absolute Gasteiger partial charge is 0.240 e. The van der Waals surface area contributed by atoms with Crippen molar-refractivity contribution < 1.29 is 13.2 Å². The highest BCUT2D eigenvalue weighted by atomic mass is 35.5. The molecule has 0 spiro atoms. The SMILES string of the molecule is Cc1c(Cl)cccc1S(=O)(=O)NCC1(c2ccsc2)CCOCC1. The monoisotopic (exact) mass is 385 g/mol. The normalized spacial score (nSPS) is 17.8. The van der Waals surface area contributed by atoms with Gasteiger partial charge in [0.1, 0.15) is 0 Å². The maximum atomic E-state index is 12.8. The molecule has 24 heavy (non-hydrogen) atoms. The summed E-state index contributed by atoms with van der Waals surface area (Å²) in [6.45, 7) is 3.38. The van der Waals surface area contributed by atoms with Crippen molar-refractivity contribution in [3.05, 3.63) is 51.2 Å². The molecule has 1 aliphatic heterocycles. The topological polar surface area (TPSA) is 55.4 Å². The van der Waals surface area contributed by atoms with E-state index in [2.05, 4.69) is 16.2 Å². The Hall–Kier alpha value is -0.920. The van der Waals surface area contributed by atoms with Crippen LogP contribution in [0.25, 0.3) is 0 Å². The predicted octanol–water partition coefficient (Wildman–Crippen LogP) is 3.74. The highest BCUT2D eigenvalue weighted by molar-refractivity contribution is 7.89. The van der Waals surface area contributed by atoms with Gasteiger partial charge in [0.15, 0.2) is 0 Å². The van der Waals surface area contributed by atoms with E-state index in [0.29, 0.717) is 30.3 Å². The van der Waals surface area contributed by atoms with Crippen LogP contribution < -0.4 is 4.72 Å². The van der Waals surface area contributed by atoms with Crippen LogP contribution in [-0.2, 0) is 20.2 Å². The van der Waals surface area contributed by atoms with E-state index in [1.807, 2.05) is 5.38 Å². The van der Waals surface area contributed by atoms with Gasteiger partial charge in [-0.25, -0.2) is 13.1 Å². The number of benzene rings is 1. The van der Waals surface area contributed by atoms with E-state index in [0.717, 1.165) is 12.8 Å². The minimum absolute atomic E-state index is 0.211. The van der Waals surface area contributed by atoms with Gasteiger partial charge < -0.3 is 4.74 Å². The lowest BCUT2D eigenvalue weighted by Crippen LogP contribution is -2.44. The number of nitrogens with one attached hydrogen (secondary N) is 1. The van der Waals surface area contributed by atoms with Crippen LogP contribution in [0.2, 0.25) is 5.02 Å². The summed E-state index contributed by atoms with van der Waals surface area (Å²) in [5.41, 5.74) is 1.54. The van der Waals surface area contributed by atoms with Crippen LogP contribution in [0.1, 0.15) is 24.0 Å². The van der Waals surface area contributed by atoms with Gasteiger partial charge in [-0.05, 0) is 59.9 Å². The molecular weight excluding hydrogens is 366 g/mol. The first kappa shape index (κ1) is 17.9. The minimum atomic E-state index is -3.61. The van der Waals surface area contributed by atoms with Gasteiger partial charge >= 0.3 is 0 Å². The number of hydrogen-bond acceptors (Lipinski definition) is 4. The van der Waals surface area contributed by atoms with Gasteiger partial charge in [0.25, 0.3) is 0 Å². The lowest BCUT2D eigenvalue weighted by atomic mass is 9.75. The maximum Gasteiger partial charge on any atom is 0.240 e. The van der Waals surface area contributed by atoms with E-state index < -0.39 is 10.0 Å². The Kier molecular flexibility index (Phi) is 5.32. The molecule has 130 valence electrons. The van der Waals surface area contributed by atoms with Crippen LogP contribution in [-0.4, -0.2) is 28.2 Å². The fourth-order valence-electron chi connectivity index (χ4n) is 3.09. The minimum Gasteiger partial charge on any atom is -0.381 e. The van der Waals surface area contributed by atoms with Crippen LogP contribution in [0.3, 0.4) is 0 Å². The molecule has 1 fully saturated rings. The molecule has 0 amide bonds. The molecule has 1 saturated heterocycles. The number of halogens is 1. The van der Waals surface area contributed by atoms with Gasteiger partial charge in [-0.1, -0.05) is 17.7 Å². The first-order valence-corrected chi connectivity index (χ1v) is 10.6. The molecule has 2 aromatic rings. The molecule has 2 heterocycles. The molecule has 1 aromatic heterocycles. The highest BCUT2D eigenvalue weighted by Crippen LogP contribution is 2.36. The van der Waals surface area contributed by atoms with E-state index in [9.17, 15) is 8.42 Å². The maximum absolute atomic E-state index is 12.8. The van der Waals surface area contributed by atoms with Crippen molar-refractivity contribution in [1.29, 1.82) is 0 Å². The summed E-state index contributed by atoms with van der Waals surface area (Å²) in [5, 5.41) is 4.59. The average molecular weight is 386 g/mol. The Morgan fingerprint density at radius 2 is 2.04 bits per heavy atom. The molecule has 0 unspecified atom stereocenters. The van der Waals surface area contributed by atoms with E-state index in [1.165, 1.54) is 5.56 Å². The summed E-state index contributed by atoms with van der Waals surface area (Å²) in [4.78, 5) is 0.238. The third-order valence-corrected chi connectivity index (χ3v) is 7.33. The largest absolute Gasteiger partial charge is 0.381 e. The molecule has 0 bridgehead atoms. The average Bonchev–Trinajstić information content (AvgIpc) is 3.11. The Labute approximate surface area is 151 Å². The van der Waals surface area contributed by atoms with Crippen LogP contribution >= 0.6 is 22.9 Å².